The fourth-order valence-electron chi connectivity index (χ4n) is 2.01. The summed E-state index contributed by atoms with van der Waals surface area (Å²) in [4.78, 5) is 8.80. The minimum atomic E-state index is 0.428. The van der Waals surface area contributed by atoms with Crippen molar-refractivity contribution >= 4 is 5.69 Å². The van der Waals surface area contributed by atoms with Crippen molar-refractivity contribution in [3.8, 4) is 0 Å². The number of pyridine rings is 1. The van der Waals surface area contributed by atoms with E-state index >= 15 is 0 Å². The Kier molecular flexibility index (Phi) is 3.97. The van der Waals surface area contributed by atoms with Gasteiger partial charge in [-0.05, 0) is 19.1 Å². The molecule has 2 aromatic rings. The lowest BCUT2D eigenvalue weighted by molar-refractivity contribution is 0.661. The Bertz CT molecular complexity index is 502. The quantitative estimate of drug-likeness (QED) is 0.879. The molecule has 96 valence electrons. The molecule has 18 heavy (non-hydrogen) atoms. The number of rotatable bonds is 5. The standard InChI is InChI=1S/C14H20N4/c1-4-15-12-5-6-16-13(9-12)10-18-8-7-17-14(18)11(2)3/h5-9,11H,4,10H2,1-3H3,(H,15,16). The van der Waals surface area contributed by atoms with Crippen molar-refractivity contribution in [1.82, 2.24) is 14.5 Å². The Morgan fingerprint density at radius 2 is 2.11 bits per heavy atom. The van der Waals surface area contributed by atoms with E-state index in [1.807, 2.05) is 24.7 Å². The zero-order valence-electron chi connectivity index (χ0n) is 11.2. The van der Waals surface area contributed by atoms with Crippen LogP contribution in [0, 0.1) is 0 Å². The summed E-state index contributed by atoms with van der Waals surface area (Å²) in [6.07, 6.45) is 5.71. The van der Waals surface area contributed by atoms with Crippen LogP contribution >= 0.6 is 0 Å². The van der Waals surface area contributed by atoms with Gasteiger partial charge in [-0.3, -0.25) is 4.98 Å². The molecule has 0 aliphatic carbocycles. The summed E-state index contributed by atoms with van der Waals surface area (Å²) in [6.45, 7) is 8.09. The van der Waals surface area contributed by atoms with Gasteiger partial charge in [-0.25, -0.2) is 4.98 Å². The highest BCUT2D eigenvalue weighted by Gasteiger charge is 2.08. The Hall–Kier alpha value is -1.84. The summed E-state index contributed by atoms with van der Waals surface area (Å²) in [5, 5.41) is 3.30. The first kappa shape index (κ1) is 12.6. The fourth-order valence-corrected chi connectivity index (χ4v) is 2.01. The van der Waals surface area contributed by atoms with Crippen LogP contribution in [-0.4, -0.2) is 21.1 Å². The second-order valence-corrected chi connectivity index (χ2v) is 4.63. The SMILES string of the molecule is CCNc1ccnc(Cn2ccnc2C(C)C)c1. The lowest BCUT2D eigenvalue weighted by Crippen LogP contribution is -2.07. The van der Waals surface area contributed by atoms with Gasteiger partial charge in [-0.2, -0.15) is 0 Å². The third kappa shape index (κ3) is 2.88. The van der Waals surface area contributed by atoms with E-state index in [0.717, 1.165) is 30.3 Å². The van der Waals surface area contributed by atoms with E-state index in [-0.39, 0.29) is 0 Å². The molecule has 0 bridgehead atoms. The molecule has 0 aliphatic rings. The molecule has 0 unspecified atom stereocenters. The molecule has 0 aliphatic heterocycles. The smallest absolute Gasteiger partial charge is 0.111 e. The minimum Gasteiger partial charge on any atom is -0.385 e. The summed E-state index contributed by atoms with van der Waals surface area (Å²) >= 11 is 0. The van der Waals surface area contributed by atoms with Crippen LogP contribution in [0.4, 0.5) is 5.69 Å². The van der Waals surface area contributed by atoms with E-state index in [9.17, 15) is 0 Å². The Balaban J connectivity index is 2.18. The van der Waals surface area contributed by atoms with Gasteiger partial charge in [-0.1, -0.05) is 13.8 Å². The van der Waals surface area contributed by atoms with Crippen LogP contribution in [0.25, 0.3) is 0 Å². The van der Waals surface area contributed by atoms with Gasteiger partial charge in [-0.15, -0.1) is 0 Å². The maximum atomic E-state index is 4.41. The summed E-state index contributed by atoms with van der Waals surface area (Å²) in [5.74, 6) is 1.53. The Morgan fingerprint density at radius 3 is 2.83 bits per heavy atom. The first-order valence-electron chi connectivity index (χ1n) is 6.40. The predicted octanol–water partition coefficient (Wildman–Crippen LogP) is 2.88. The predicted molar refractivity (Wildman–Crippen MR) is 73.8 cm³/mol. The van der Waals surface area contributed by atoms with E-state index < -0.39 is 0 Å². The number of aromatic nitrogens is 3. The topological polar surface area (TPSA) is 42.7 Å². The van der Waals surface area contributed by atoms with Gasteiger partial charge >= 0.3 is 0 Å². The Labute approximate surface area is 108 Å². The highest BCUT2D eigenvalue weighted by molar-refractivity contribution is 5.43. The molecule has 0 spiro atoms. The van der Waals surface area contributed by atoms with Crippen LogP contribution in [0.2, 0.25) is 0 Å². The van der Waals surface area contributed by atoms with Crippen molar-refractivity contribution in [2.45, 2.75) is 33.2 Å². The molecule has 0 fully saturated rings. The lowest BCUT2D eigenvalue weighted by Gasteiger charge is -2.11. The van der Waals surface area contributed by atoms with E-state index in [1.54, 1.807) is 0 Å². The maximum absolute atomic E-state index is 4.41. The fraction of sp³-hybridized carbons (Fsp3) is 0.429. The second kappa shape index (κ2) is 5.67. The van der Waals surface area contributed by atoms with Gasteiger partial charge in [0.25, 0.3) is 0 Å². The first-order chi connectivity index (χ1) is 8.70. The van der Waals surface area contributed by atoms with Crippen molar-refractivity contribution in [1.29, 1.82) is 0 Å². The average molecular weight is 244 g/mol. The molecule has 0 saturated heterocycles. The molecule has 2 rings (SSSR count). The van der Waals surface area contributed by atoms with E-state index in [2.05, 4.69) is 46.7 Å². The van der Waals surface area contributed by atoms with Crippen LogP contribution in [0.3, 0.4) is 0 Å². The van der Waals surface area contributed by atoms with Gasteiger partial charge in [0.15, 0.2) is 0 Å². The number of imidazole rings is 1. The molecule has 2 heterocycles. The molecule has 0 aromatic carbocycles. The van der Waals surface area contributed by atoms with Gasteiger partial charge in [0.2, 0.25) is 0 Å². The number of hydrogen-bond acceptors (Lipinski definition) is 3. The lowest BCUT2D eigenvalue weighted by atomic mass is 10.2. The van der Waals surface area contributed by atoms with Crippen molar-refractivity contribution in [3.05, 3.63) is 42.2 Å². The molecule has 4 heteroatoms. The monoisotopic (exact) mass is 244 g/mol. The normalized spacial score (nSPS) is 10.9. The first-order valence-corrected chi connectivity index (χ1v) is 6.40. The number of nitrogens with zero attached hydrogens (tertiary/aromatic N) is 3. The number of anilines is 1. The van der Waals surface area contributed by atoms with E-state index in [1.165, 1.54) is 0 Å². The van der Waals surface area contributed by atoms with Gasteiger partial charge < -0.3 is 9.88 Å². The van der Waals surface area contributed by atoms with Crippen LogP contribution in [-0.2, 0) is 6.54 Å². The van der Waals surface area contributed by atoms with E-state index in [0.29, 0.717) is 5.92 Å². The highest BCUT2D eigenvalue weighted by atomic mass is 15.1. The van der Waals surface area contributed by atoms with Crippen LogP contribution in [0.5, 0.6) is 0 Å². The molecule has 0 amide bonds. The van der Waals surface area contributed by atoms with Crippen molar-refractivity contribution in [2.24, 2.45) is 0 Å². The molecule has 0 radical (unpaired) electrons. The molecular formula is C14H20N4. The van der Waals surface area contributed by atoms with Gasteiger partial charge in [0.05, 0.1) is 12.2 Å². The minimum absolute atomic E-state index is 0.428. The van der Waals surface area contributed by atoms with Crippen LogP contribution < -0.4 is 5.32 Å². The van der Waals surface area contributed by atoms with Gasteiger partial charge in [0.1, 0.15) is 5.82 Å². The van der Waals surface area contributed by atoms with E-state index in [4.69, 9.17) is 0 Å². The summed E-state index contributed by atoms with van der Waals surface area (Å²) < 4.78 is 2.16. The summed E-state index contributed by atoms with van der Waals surface area (Å²) in [5.41, 5.74) is 2.17. The van der Waals surface area contributed by atoms with Crippen molar-refractivity contribution in [3.63, 3.8) is 0 Å². The third-order valence-electron chi connectivity index (χ3n) is 2.79. The summed E-state index contributed by atoms with van der Waals surface area (Å²) in [7, 11) is 0. The molecule has 4 nitrogen and oxygen atoms in total. The number of nitrogens with one attached hydrogen (secondary N) is 1. The second-order valence-electron chi connectivity index (χ2n) is 4.63. The molecule has 1 N–H and O–H groups in total. The molecular weight excluding hydrogens is 224 g/mol. The largest absolute Gasteiger partial charge is 0.385 e. The van der Waals surface area contributed by atoms with Crippen LogP contribution in [0.1, 0.15) is 38.2 Å². The zero-order valence-corrected chi connectivity index (χ0v) is 11.2. The zero-order chi connectivity index (χ0) is 13.0. The average Bonchev–Trinajstić information content (AvgIpc) is 2.78. The third-order valence-corrected chi connectivity index (χ3v) is 2.79. The van der Waals surface area contributed by atoms with Crippen molar-refractivity contribution in [2.75, 3.05) is 11.9 Å². The van der Waals surface area contributed by atoms with Crippen LogP contribution in [0.15, 0.2) is 30.7 Å². The van der Waals surface area contributed by atoms with Crippen molar-refractivity contribution < 1.29 is 0 Å². The number of hydrogen-bond donors (Lipinski definition) is 1. The maximum Gasteiger partial charge on any atom is 0.111 e. The molecule has 0 atom stereocenters. The summed E-state index contributed by atoms with van der Waals surface area (Å²) in [6, 6.07) is 4.08. The molecule has 0 saturated carbocycles. The highest BCUT2D eigenvalue weighted by Crippen LogP contribution is 2.14. The Morgan fingerprint density at radius 1 is 1.28 bits per heavy atom. The molecule has 2 aromatic heterocycles. The van der Waals surface area contributed by atoms with Gasteiger partial charge in [0, 0.05) is 36.7 Å².